The molecule has 0 saturated carbocycles. The van der Waals surface area contributed by atoms with Crippen molar-refractivity contribution in [3.8, 4) is 0 Å². The van der Waals surface area contributed by atoms with Gasteiger partial charge in [-0.15, -0.1) is 11.3 Å². The molecule has 1 N–H and O–H groups in total. The molecule has 0 radical (unpaired) electrons. The summed E-state index contributed by atoms with van der Waals surface area (Å²) in [5, 5.41) is 10.4. The van der Waals surface area contributed by atoms with Gasteiger partial charge in [-0.2, -0.15) is 0 Å². The second kappa shape index (κ2) is 6.74. The number of hydrogen-bond acceptors (Lipinski definition) is 4. The Bertz CT molecular complexity index is 411. The van der Waals surface area contributed by atoms with E-state index in [4.69, 9.17) is 5.11 Å². The first-order valence-corrected chi connectivity index (χ1v) is 8.57. The van der Waals surface area contributed by atoms with Crippen molar-refractivity contribution in [2.45, 2.75) is 25.0 Å². The van der Waals surface area contributed by atoms with E-state index in [1.54, 1.807) is 0 Å². The number of thiophene rings is 1. The fourth-order valence-corrected chi connectivity index (χ4v) is 4.14. The van der Waals surface area contributed by atoms with Crippen LogP contribution in [0.15, 0.2) is 15.2 Å². The van der Waals surface area contributed by atoms with Crippen LogP contribution in [0.5, 0.6) is 0 Å². The number of sulfone groups is 1. The van der Waals surface area contributed by atoms with Crippen molar-refractivity contribution in [1.82, 2.24) is 0 Å². The van der Waals surface area contributed by atoms with Crippen LogP contribution < -0.4 is 0 Å². The highest BCUT2D eigenvalue weighted by Crippen LogP contribution is 2.22. The van der Waals surface area contributed by atoms with Crippen LogP contribution in [0, 0.1) is 0 Å². The van der Waals surface area contributed by atoms with Crippen LogP contribution in [0.2, 0.25) is 0 Å². The number of aliphatic hydroxyl groups is 1. The van der Waals surface area contributed by atoms with Crippen LogP contribution in [-0.4, -0.2) is 25.9 Å². The number of aliphatic hydroxyl groups excluding tert-OH is 1. The summed E-state index contributed by atoms with van der Waals surface area (Å²) in [4.78, 5) is 0. The summed E-state index contributed by atoms with van der Waals surface area (Å²) in [7, 11) is -3.00. The molecule has 0 aliphatic heterocycles. The van der Waals surface area contributed by atoms with E-state index in [2.05, 4.69) is 15.9 Å². The molecule has 1 heterocycles. The van der Waals surface area contributed by atoms with Crippen LogP contribution in [0.1, 0.15) is 24.8 Å². The van der Waals surface area contributed by atoms with E-state index < -0.39 is 9.84 Å². The van der Waals surface area contributed by atoms with Crippen LogP contribution in [0.25, 0.3) is 0 Å². The fourth-order valence-electron chi connectivity index (χ4n) is 1.36. The maximum absolute atomic E-state index is 11.7. The molecule has 3 nitrogen and oxygen atoms in total. The zero-order valence-corrected chi connectivity index (χ0v) is 12.1. The highest BCUT2D eigenvalue weighted by molar-refractivity contribution is 9.11. The van der Waals surface area contributed by atoms with E-state index in [1.165, 1.54) is 11.3 Å². The first-order chi connectivity index (χ1) is 7.53. The zero-order chi connectivity index (χ0) is 12.0. The standard InChI is InChI=1S/C10H15BrO3S2/c11-10-6-9(7-15-10)8-16(13,14)5-3-1-2-4-12/h6-7,12H,1-5,8H2. The Morgan fingerprint density at radius 2 is 2.06 bits per heavy atom. The lowest BCUT2D eigenvalue weighted by Crippen LogP contribution is -2.09. The van der Waals surface area contributed by atoms with Crippen molar-refractivity contribution in [1.29, 1.82) is 0 Å². The molecular weight excluding hydrogens is 312 g/mol. The molecule has 0 spiro atoms. The highest BCUT2D eigenvalue weighted by Gasteiger charge is 2.12. The second-order valence-electron chi connectivity index (χ2n) is 3.64. The van der Waals surface area contributed by atoms with E-state index in [0.717, 1.165) is 15.8 Å². The molecular formula is C10H15BrO3S2. The van der Waals surface area contributed by atoms with Crippen molar-refractivity contribution in [2.24, 2.45) is 0 Å². The Kier molecular flexibility index (Phi) is 5.96. The Labute approximate surface area is 109 Å². The van der Waals surface area contributed by atoms with E-state index >= 15 is 0 Å². The molecule has 1 aromatic rings. The van der Waals surface area contributed by atoms with E-state index in [9.17, 15) is 8.42 Å². The van der Waals surface area contributed by atoms with Gasteiger partial charge in [0.05, 0.1) is 15.3 Å². The third-order valence-corrected chi connectivity index (χ3v) is 5.36. The van der Waals surface area contributed by atoms with Gasteiger partial charge < -0.3 is 5.11 Å². The smallest absolute Gasteiger partial charge is 0.154 e. The van der Waals surface area contributed by atoms with Gasteiger partial charge in [0.2, 0.25) is 0 Å². The van der Waals surface area contributed by atoms with Crippen LogP contribution in [-0.2, 0) is 15.6 Å². The van der Waals surface area contributed by atoms with Gasteiger partial charge in [-0.1, -0.05) is 6.42 Å². The molecule has 0 aliphatic rings. The molecule has 0 amide bonds. The predicted molar refractivity (Wildman–Crippen MR) is 70.4 cm³/mol. The van der Waals surface area contributed by atoms with Gasteiger partial charge in [-0.3, -0.25) is 0 Å². The maximum Gasteiger partial charge on any atom is 0.154 e. The Balaban J connectivity index is 2.40. The second-order valence-corrected chi connectivity index (χ2v) is 8.11. The predicted octanol–water partition coefficient (Wildman–Crippen LogP) is 2.59. The Morgan fingerprint density at radius 3 is 2.62 bits per heavy atom. The first-order valence-electron chi connectivity index (χ1n) is 5.08. The van der Waals surface area contributed by atoms with Crippen LogP contribution in [0.3, 0.4) is 0 Å². The Morgan fingerprint density at radius 1 is 1.31 bits per heavy atom. The topological polar surface area (TPSA) is 54.4 Å². The van der Waals surface area contributed by atoms with Crippen molar-refractivity contribution in [3.05, 3.63) is 20.8 Å². The minimum Gasteiger partial charge on any atom is -0.396 e. The zero-order valence-electron chi connectivity index (χ0n) is 8.86. The maximum atomic E-state index is 11.7. The molecule has 0 aromatic carbocycles. The monoisotopic (exact) mass is 326 g/mol. The average molecular weight is 327 g/mol. The summed E-state index contributed by atoms with van der Waals surface area (Å²) >= 11 is 4.81. The summed E-state index contributed by atoms with van der Waals surface area (Å²) in [6, 6.07) is 1.84. The molecule has 0 aliphatic carbocycles. The lowest BCUT2D eigenvalue weighted by Gasteiger charge is -2.02. The molecule has 1 aromatic heterocycles. The largest absolute Gasteiger partial charge is 0.396 e. The van der Waals surface area contributed by atoms with Gasteiger partial charge in [-0.25, -0.2) is 8.42 Å². The van der Waals surface area contributed by atoms with Gasteiger partial charge in [0.25, 0.3) is 0 Å². The lowest BCUT2D eigenvalue weighted by atomic mass is 10.3. The van der Waals surface area contributed by atoms with Gasteiger partial charge in [0.15, 0.2) is 9.84 Å². The number of halogens is 1. The number of hydrogen-bond donors (Lipinski definition) is 1. The van der Waals surface area contributed by atoms with Crippen LogP contribution >= 0.6 is 27.3 Å². The molecule has 6 heteroatoms. The molecule has 92 valence electrons. The van der Waals surface area contributed by atoms with E-state index in [1.807, 2.05) is 11.4 Å². The first kappa shape index (κ1) is 14.2. The normalized spacial score (nSPS) is 11.9. The fraction of sp³-hybridized carbons (Fsp3) is 0.600. The summed E-state index contributed by atoms with van der Waals surface area (Å²) in [5.41, 5.74) is 0.846. The van der Waals surface area contributed by atoms with E-state index in [-0.39, 0.29) is 18.1 Å². The molecule has 0 bridgehead atoms. The van der Waals surface area contributed by atoms with Crippen molar-refractivity contribution in [2.75, 3.05) is 12.4 Å². The minimum atomic E-state index is -3.00. The van der Waals surface area contributed by atoms with Gasteiger partial charge in [-0.05, 0) is 45.8 Å². The highest BCUT2D eigenvalue weighted by atomic mass is 79.9. The summed E-state index contributed by atoms with van der Waals surface area (Å²) < 4.78 is 24.4. The van der Waals surface area contributed by atoms with Gasteiger partial charge >= 0.3 is 0 Å². The summed E-state index contributed by atoms with van der Waals surface area (Å²) in [6.07, 6.45) is 2.08. The average Bonchev–Trinajstić information content (AvgIpc) is 2.58. The van der Waals surface area contributed by atoms with Gasteiger partial charge in [0, 0.05) is 6.61 Å². The number of unbranched alkanes of at least 4 members (excludes halogenated alkanes) is 2. The lowest BCUT2D eigenvalue weighted by molar-refractivity contribution is 0.284. The van der Waals surface area contributed by atoms with E-state index in [0.29, 0.717) is 12.8 Å². The van der Waals surface area contributed by atoms with Crippen molar-refractivity contribution < 1.29 is 13.5 Å². The third-order valence-electron chi connectivity index (χ3n) is 2.12. The molecule has 16 heavy (non-hydrogen) atoms. The molecule has 0 atom stereocenters. The molecule has 1 rings (SSSR count). The summed E-state index contributed by atoms with van der Waals surface area (Å²) in [6.45, 7) is 0.136. The minimum absolute atomic E-state index is 0.119. The molecule has 0 saturated heterocycles. The summed E-state index contributed by atoms with van der Waals surface area (Å²) in [5.74, 6) is 0.328. The van der Waals surface area contributed by atoms with Crippen LogP contribution in [0.4, 0.5) is 0 Å². The third kappa shape index (κ3) is 5.43. The number of rotatable bonds is 7. The van der Waals surface area contributed by atoms with Crippen molar-refractivity contribution in [3.63, 3.8) is 0 Å². The Hall–Kier alpha value is 0.0900. The molecule has 0 unspecified atom stereocenters. The SMILES string of the molecule is O=S(=O)(CCCCCO)Cc1csc(Br)c1. The molecule has 0 fully saturated rings. The quantitative estimate of drug-likeness (QED) is 0.783. The van der Waals surface area contributed by atoms with Crippen molar-refractivity contribution >= 4 is 37.1 Å². The van der Waals surface area contributed by atoms with Gasteiger partial charge in [0.1, 0.15) is 0 Å².